The highest BCUT2D eigenvalue weighted by molar-refractivity contribution is 5.89. The first-order chi connectivity index (χ1) is 14.0. The second kappa shape index (κ2) is 9.45. The van der Waals surface area contributed by atoms with Crippen molar-refractivity contribution in [2.45, 2.75) is 44.7 Å². The van der Waals surface area contributed by atoms with E-state index >= 15 is 0 Å². The molecule has 1 aliphatic rings. The van der Waals surface area contributed by atoms with E-state index in [4.69, 9.17) is 0 Å². The number of rotatable bonds is 7. The molecule has 2 aromatic carbocycles. The number of nitrogens with one attached hydrogen (secondary N) is 4. The molecule has 1 aliphatic carbocycles. The van der Waals surface area contributed by atoms with Crippen LogP contribution in [0, 0.1) is 0 Å². The highest BCUT2D eigenvalue weighted by atomic mass is 16.2. The van der Waals surface area contributed by atoms with Gasteiger partial charge in [0, 0.05) is 37.3 Å². The number of guanidine groups is 1. The Balaban J connectivity index is 1.47. The van der Waals surface area contributed by atoms with Gasteiger partial charge < -0.3 is 21.3 Å². The maximum absolute atomic E-state index is 11.8. The second-order valence-corrected chi connectivity index (χ2v) is 7.88. The Bertz CT molecular complexity index is 826. The molecule has 6 heteroatoms. The number of anilines is 1. The normalized spacial score (nSPS) is 15.0. The lowest BCUT2D eigenvalue weighted by Crippen LogP contribution is -2.40. The lowest BCUT2D eigenvalue weighted by atomic mass is 9.96. The molecule has 29 heavy (non-hydrogen) atoms. The number of benzene rings is 2. The summed E-state index contributed by atoms with van der Waals surface area (Å²) < 4.78 is 0. The molecule has 154 valence electrons. The van der Waals surface area contributed by atoms with Crippen molar-refractivity contribution in [3.05, 3.63) is 65.7 Å². The third-order valence-corrected chi connectivity index (χ3v) is 5.15. The first-order valence-electron chi connectivity index (χ1n) is 10.2. The Morgan fingerprint density at radius 1 is 1.03 bits per heavy atom. The average Bonchev–Trinajstić information content (AvgIpc) is 3.50. The van der Waals surface area contributed by atoms with E-state index in [0.29, 0.717) is 6.54 Å². The van der Waals surface area contributed by atoms with Crippen molar-refractivity contribution < 1.29 is 4.79 Å². The van der Waals surface area contributed by atoms with Crippen molar-refractivity contribution in [2.75, 3.05) is 18.9 Å². The van der Waals surface area contributed by atoms with Crippen LogP contribution in [0.15, 0.2) is 59.6 Å². The number of amides is 2. The molecule has 0 aromatic heterocycles. The zero-order valence-corrected chi connectivity index (χ0v) is 17.5. The van der Waals surface area contributed by atoms with Crippen LogP contribution in [0.3, 0.4) is 0 Å². The number of aliphatic imine (C=N–C) groups is 1. The number of hydrogen-bond acceptors (Lipinski definition) is 2. The Kier molecular flexibility index (Phi) is 6.75. The maximum Gasteiger partial charge on any atom is 0.319 e. The summed E-state index contributed by atoms with van der Waals surface area (Å²) in [6.45, 7) is 5.40. The fourth-order valence-electron chi connectivity index (χ4n) is 3.30. The Labute approximate surface area is 173 Å². The Hall–Kier alpha value is -3.02. The number of carbonyl (C=O) groups excluding carboxylic acids is 1. The molecule has 4 N–H and O–H groups in total. The van der Waals surface area contributed by atoms with E-state index in [-0.39, 0.29) is 17.5 Å². The molecule has 1 fully saturated rings. The quantitative estimate of drug-likeness (QED) is 0.429. The van der Waals surface area contributed by atoms with Crippen molar-refractivity contribution >= 4 is 17.7 Å². The predicted molar refractivity (Wildman–Crippen MR) is 119 cm³/mol. The van der Waals surface area contributed by atoms with Crippen molar-refractivity contribution in [3.8, 4) is 0 Å². The summed E-state index contributed by atoms with van der Waals surface area (Å²) in [6.07, 6.45) is 2.42. The van der Waals surface area contributed by atoms with Crippen LogP contribution in [-0.4, -0.2) is 31.6 Å². The smallest absolute Gasteiger partial charge is 0.319 e. The van der Waals surface area contributed by atoms with Gasteiger partial charge in [-0.2, -0.15) is 0 Å². The number of nitrogens with zero attached hydrogens (tertiary/aromatic N) is 1. The first-order valence-corrected chi connectivity index (χ1v) is 10.2. The van der Waals surface area contributed by atoms with E-state index in [2.05, 4.69) is 56.6 Å². The minimum Gasteiger partial charge on any atom is -0.356 e. The van der Waals surface area contributed by atoms with Crippen LogP contribution in [-0.2, 0) is 12.0 Å². The monoisotopic (exact) mass is 393 g/mol. The van der Waals surface area contributed by atoms with Gasteiger partial charge in [0.2, 0.25) is 0 Å². The fourth-order valence-corrected chi connectivity index (χ4v) is 3.30. The van der Waals surface area contributed by atoms with E-state index in [1.54, 1.807) is 7.05 Å². The number of urea groups is 1. The average molecular weight is 394 g/mol. The predicted octanol–water partition coefficient (Wildman–Crippen LogP) is 3.61. The molecule has 0 heterocycles. The largest absolute Gasteiger partial charge is 0.356 e. The van der Waals surface area contributed by atoms with Gasteiger partial charge in [-0.25, -0.2) is 4.79 Å². The molecule has 0 unspecified atom stereocenters. The van der Waals surface area contributed by atoms with E-state index in [1.165, 1.54) is 18.4 Å². The lowest BCUT2D eigenvalue weighted by Gasteiger charge is -2.19. The van der Waals surface area contributed by atoms with E-state index < -0.39 is 0 Å². The van der Waals surface area contributed by atoms with Gasteiger partial charge in [-0.05, 0) is 49.9 Å². The van der Waals surface area contributed by atoms with Crippen LogP contribution >= 0.6 is 0 Å². The minimum atomic E-state index is -0.192. The van der Waals surface area contributed by atoms with Crippen molar-refractivity contribution in [1.29, 1.82) is 0 Å². The van der Waals surface area contributed by atoms with Gasteiger partial charge in [0.05, 0.1) is 0 Å². The van der Waals surface area contributed by atoms with Gasteiger partial charge in [-0.1, -0.05) is 42.5 Å². The Morgan fingerprint density at radius 3 is 2.31 bits per heavy atom. The van der Waals surface area contributed by atoms with E-state index in [1.807, 2.05) is 38.1 Å². The topological polar surface area (TPSA) is 77.5 Å². The molecule has 2 amide bonds. The summed E-state index contributed by atoms with van der Waals surface area (Å²) in [5, 5.41) is 12.5. The zero-order chi connectivity index (χ0) is 20.7. The second-order valence-electron chi connectivity index (χ2n) is 7.88. The van der Waals surface area contributed by atoms with Crippen LogP contribution in [0.25, 0.3) is 0 Å². The molecule has 1 saturated carbocycles. The summed E-state index contributed by atoms with van der Waals surface area (Å²) in [7, 11) is 1.79. The molecule has 3 rings (SSSR count). The molecule has 0 aliphatic heterocycles. The molecule has 0 spiro atoms. The molecule has 0 bridgehead atoms. The molecular weight excluding hydrogens is 362 g/mol. The molecule has 0 atom stereocenters. The van der Waals surface area contributed by atoms with Crippen LogP contribution in [0.4, 0.5) is 10.5 Å². The maximum atomic E-state index is 11.8. The van der Waals surface area contributed by atoms with Crippen molar-refractivity contribution in [3.63, 3.8) is 0 Å². The van der Waals surface area contributed by atoms with Crippen LogP contribution in [0.1, 0.15) is 37.8 Å². The van der Waals surface area contributed by atoms with E-state index in [9.17, 15) is 4.79 Å². The van der Waals surface area contributed by atoms with Gasteiger partial charge in [0.15, 0.2) is 5.96 Å². The number of carbonyl (C=O) groups is 1. The van der Waals surface area contributed by atoms with Gasteiger partial charge in [-0.15, -0.1) is 0 Å². The molecule has 6 nitrogen and oxygen atoms in total. The minimum absolute atomic E-state index is 0.106. The number of hydrogen-bond donors (Lipinski definition) is 4. The summed E-state index contributed by atoms with van der Waals surface area (Å²) in [4.78, 5) is 16.1. The molecular formula is C23H31N5O. The first kappa shape index (κ1) is 20.7. The summed E-state index contributed by atoms with van der Waals surface area (Å²) in [6, 6.07) is 18.4. The van der Waals surface area contributed by atoms with Crippen molar-refractivity contribution in [1.82, 2.24) is 16.0 Å². The highest BCUT2D eigenvalue weighted by Crippen LogP contribution is 2.47. The fraction of sp³-hybridized carbons (Fsp3) is 0.391. The van der Waals surface area contributed by atoms with Gasteiger partial charge in [-0.3, -0.25) is 4.99 Å². The van der Waals surface area contributed by atoms with Gasteiger partial charge >= 0.3 is 6.03 Å². The SMILES string of the molecule is CN=C(NCc1ccc(NC(=O)NC(C)C)cc1)NCC1(c2ccccc2)CC1. The standard InChI is InChI=1S/C23H31N5O/c1-17(2)27-22(29)28-20-11-9-18(10-12-20)15-25-21(24-3)26-16-23(13-14-23)19-7-5-4-6-8-19/h4-12,17H,13-16H2,1-3H3,(H2,24,25,26)(H2,27,28,29). The van der Waals surface area contributed by atoms with Gasteiger partial charge in [0.1, 0.15) is 0 Å². The third kappa shape index (κ3) is 5.98. The molecule has 2 aromatic rings. The van der Waals surface area contributed by atoms with Gasteiger partial charge in [0.25, 0.3) is 0 Å². The summed E-state index contributed by atoms with van der Waals surface area (Å²) >= 11 is 0. The van der Waals surface area contributed by atoms with E-state index in [0.717, 1.165) is 23.8 Å². The Morgan fingerprint density at radius 2 is 1.72 bits per heavy atom. The molecule has 0 saturated heterocycles. The van der Waals surface area contributed by atoms with Crippen LogP contribution in [0.2, 0.25) is 0 Å². The van der Waals surface area contributed by atoms with Crippen LogP contribution < -0.4 is 21.3 Å². The zero-order valence-electron chi connectivity index (χ0n) is 17.5. The third-order valence-electron chi connectivity index (χ3n) is 5.15. The molecule has 0 radical (unpaired) electrons. The highest BCUT2D eigenvalue weighted by Gasteiger charge is 2.43. The summed E-state index contributed by atoms with van der Waals surface area (Å²) in [5.74, 6) is 0.797. The summed E-state index contributed by atoms with van der Waals surface area (Å²) in [5.41, 5.74) is 3.52. The van der Waals surface area contributed by atoms with Crippen molar-refractivity contribution in [2.24, 2.45) is 4.99 Å². The lowest BCUT2D eigenvalue weighted by molar-refractivity contribution is 0.250. The van der Waals surface area contributed by atoms with Crippen LogP contribution in [0.5, 0.6) is 0 Å².